The highest BCUT2D eigenvalue weighted by Gasteiger charge is 2.10. The van der Waals surface area contributed by atoms with Crippen LogP contribution in [0, 0.1) is 0 Å². The molecular formula is C11H22N2O4. The Hall–Kier alpha value is -1.14. The summed E-state index contributed by atoms with van der Waals surface area (Å²) in [4.78, 5) is 22.4. The Labute approximate surface area is 102 Å². The molecule has 0 bridgehead atoms. The van der Waals surface area contributed by atoms with E-state index >= 15 is 0 Å². The van der Waals surface area contributed by atoms with E-state index in [0.717, 1.165) is 0 Å². The highest BCUT2D eigenvalue weighted by molar-refractivity contribution is 5.76. The summed E-state index contributed by atoms with van der Waals surface area (Å²) in [6.45, 7) is 2.92. The Morgan fingerprint density at radius 1 is 1.41 bits per heavy atom. The number of rotatable bonds is 9. The van der Waals surface area contributed by atoms with Gasteiger partial charge in [-0.15, -0.1) is 0 Å². The van der Waals surface area contributed by atoms with E-state index in [1.165, 1.54) is 7.11 Å². The first-order valence-electron chi connectivity index (χ1n) is 5.79. The summed E-state index contributed by atoms with van der Waals surface area (Å²) in [6.07, 6.45) is 0.885. The van der Waals surface area contributed by atoms with Crippen molar-refractivity contribution in [3.05, 3.63) is 0 Å². The summed E-state index contributed by atoms with van der Waals surface area (Å²) in [6, 6.07) is 0. The second kappa shape index (κ2) is 10.0. The van der Waals surface area contributed by atoms with Gasteiger partial charge in [0.15, 0.2) is 0 Å². The van der Waals surface area contributed by atoms with E-state index in [2.05, 4.69) is 5.32 Å². The number of nitrogens with two attached hydrogens (primary N) is 1. The monoisotopic (exact) mass is 246 g/mol. The number of hydrogen-bond donors (Lipinski definition) is 2. The predicted octanol–water partition coefficient (Wildman–Crippen LogP) is -0.190. The zero-order chi connectivity index (χ0) is 13.1. The molecule has 0 aliphatic rings. The molecule has 0 rings (SSSR count). The van der Waals surface area contributed by atoms with Crippen molar-refractivity contribution in [3.8, 4) is 0 Å². The fourth-order valence-electron chi connectivity index (χ4n) is 1.24. The van der Waals surface area contributed by atoms with Gasteiger partial charge in [-0.05, 0) is 13.3 Å². The Balaban J connectivity index is 3.54. The highest BCUT2D eigenvalue weighted by Crippen LogP contribution is 1.95. The van der Waals surface area contributed by atoms with Gasteiger partial charge in [0.05, 0.1) is 19.1 Å². The largest absolute Gasteiger partial charge is 0.466 e. The molecule has 0 fully saturated rings. The molecule has 0 aromatic heterocycles. The van der Waals surface area contributed by atoms with E-state index in [1.807, 2.05) is 0 Å². The Bertz CT molecular complexity index is 230. The predicted molar refractivity (Wildman–Crippen MR) is 63.3 cm³/mol. The molecule has 0 radical (unpaired) electrons. The molecule has 17 heavy (non-hydrogen) atoms. The minimum absolute atomic E-state index is 0.119. The van der Waals surface area contributed by atoms with Gasteiger partial charge in [-0.25, -0.2) is 0 Å². The SMILES string of the molecule is CCOC(=O)CCCNC(=O)CC(CN)OC. The van der Waals surface area contributed by atoms with Gasteiger partial charge in [0.25, 0.3) is 0 Å². The lowest BCUT2D eigenvalue weighted by Crippen LogP contribution is -2.32. The maximum atomic E-state index is 11.4. The van der Waals surface area contributed by atoms with Crippen molar-refractivity contribution >= 4 is 11.9 Å². The minimum Gasteiger partial charge on any atom is -0.466 e. The third-order valence-corrected chi connectivity index (χ3v) is 2.19. The fraction of sp³-hybridized carbons (Fsp3) is 0.818. The van der Waals surface area contributed by atoms with Gasteiger partial charge in [0, 0.05) is 26.6 Å². The molecule has 6 nitrogen and oxygen atoms in total. The Morgan fingerprint density at radius 3 is 2.65 bits per heavy atom. The lowest BCUT2D eigenvalue weighted by Gasteiger charge is -2.12. The van der Waals surface area contributed by atoms with E-state index in [9.17, 15) is 9.59 Å². The van der Waals surface area contributed by atoms with Crippen LogP contribution in [0.15, 0.2) is 0 Å². The summed E-state index contributed by atoms with van der Waals surface area (Å²) in [5.74, 6) is -0.357. The van der Waals surface area contributed by atoms with Gasteiger partial charge >= 0.3 is 5.97 Å². The number of amides is 1. The third-order valence-electron chi connectivity index (χ3n) is 2.19. The first-order valence-corrected chi connectivity index (χ1v) is 5.79. The first kappa shape index (κ1) is 15.9. The zero-order valence-corrected chi connectivity index (χ0v) is 10.5. The lowest BCUT2D eigenvalue weighted by molar-refractivity contribution is -0.143. The summed E-state index contributed by atoms with van der Waals surface area (Å²) in [5, 5.41) is 2.70. The molecular weight excluding hydrogens is 224 g/mol. The van der Waals surface area contributed by atoms with Crippen LogP contribution in [0.3, 0.4) is 0 Å². The topological polar surface area (TPSA) is 90.7 Å². The second-order valence-corrected chi connectivity index (χ2v) is 3.56. The maximum absolute atomic E-state index is 11.4. The normalized spacial score (nSPS) is 11.9. The summed E-state index contributed by atoms with van der Waals surface area (Å²) < 4.78 is 9.75. The average Bonchev–Trinajstić information content (AvgIpc) is 2.32. The van der Waals surface area contributed by atoms with E-state index in [0.29, 0.717) is 32.5 Å². The minimum atomic E-state index is -0.250. The Morgan fingerprint density at radius 2 is 2.12 bits per heavy atom. The molecule has 6 heteroatoms. The molecule has 0 saturated carbocycles. The summed E-state index contributed by atoms with van der Waals surface area (Å²) >= 11 is 0. The molecule has 0 heterocycles. The number of carbonyl (C=O) groups is 2. The molecule has 0 aromatic rings. The maximum Gasteiger partial charge on any atom is 0.305 e. The van der Waals surface area contributed by atoms with Crippen molar-refractivity contribution < 1.29 is 19.1 Å². The van der Waals surface area contributed by atoms with E-state index in [4.69, 9.17) is 15.2 Å². The van der Waals surface area contributed by atoms with Crippen LogP contribution in [0.5, 0.6) is 0 Å². The molecule has 1 atom stereocenters. The van der Waals surface area contributed by atoms with Crippen LogP contribution in [-0.4, -0.2) is 44.8 Å². The molecule has 0 aromatic carbocycles. The van der Waals surface area contributed by atoms with Gasteiger partial charge in [-0.3, -0.25) is 9.59 Å². The van der Waals surface area contributed by atoms with Crippen molar-refractivity contribution in [1.82, 2.24) is 5.32 Å². The molecule has 3 N–H and O–H groups in total. The highest BCUT2D eigenvalue weighted by atomic mass is 16.5. The van der Waals surface area contributed by atoms with Crippen molar-refractivity contribution in [2.45, 2.75) is 32.3 Å². The molecule has 0 aliphatic carbocycles. The molecule has 0 saturated heterocycles. The van der Waals surface area contributed by atoms with Gasteiger partial charge in [0.1, 0.15) is 0 Å². The molecule has 1 amide bonds. The number of esters is 1. The van der Waals surface area contributed by atoms with Crippen LogP contribution in [-0.2, 0) is 19.1 Å². The smallest absolute Gasteiger partial charge is 0.305 e. The van der Waals surface area contributed by atoms with Gasteiger partial charge in [-0.2, -0.15) is 0 Å². The second-order valence-electron chi connectivity index (χ2n) is 3.56. The van der Waals surface area contributed by atoms with Crippen LogP contribution in [0.2, 0.25) is 0 Å². The van der Waals surface area contributed by atoms with E-state index < -0.39 is 0 Å². The Kier molecular flexibility index (Phi) is 9.37. The van der Waals surface area contributed by atoms with E-state index in [1.54, 1.807) is 6.92 Å². The van der Waals surface area contributed by atoms with Crippen molar-refractivity contribution in [1.29, 1.82) is 0 Å². The zero-order valence-electron chi connectivity index (χ0n) is 10.5. The molecule has 0 spiro atoms. The van der Waals surface area contributed by atoms with Crippen LogP contribution in [0.1, 0.15) is 26.2 Å². The average molecular weight is 246 g/mol. The van der Waals surface area contributed by atoms with Crippen LogP contribution < -0.4 is 11.1 Å². The number of ether oxygens (including phenoxy) is 2. The van der Waals surface area contributed by atoms with E-state index in [-0.39, 0.29) is 24.4 Å². The van der Waals surface area contributed by atoms with Gasteiger partial charge < -0.3 is 20.5 Å². The van der Waals surface area contributed by atoms with Crippen molar-refractivity contribution in [2.75, 3.05) is 26.8 Å². The van der Waals surface area contributed by atoms with Crippen LogP contribution >= 0.6 is 0 Å². The van der Waals surface area contributed by atoms with Crippen LogP contribution in [0.25, 0.3) is 0 Å². The number of nitrogens with one attached hydrogen (secondary N) is 1. The molecule has 0 aliphatic heterocycles. The summed E-state index contributed by atoms with van der Waals surface area (Å²) in [5.41, 5.74) is 5.39. The molecule has 1 unspecified atom stereocenters. The number of carbonyl (C=O) groups excluding carboxylic acids is 2. The fourth-order valence-corrected chi connectivity index (χ4v) is 1.24. The first-order chi connectivity index (χ1) is 8.13. The quantitative estimate of drug-likeness (QED) is 0.434. The number of methoxy groups -OCH3 is 1. The number of hydrogen-bond acceptors (Lipinski definition) is 5. The lowest BCUT2D eigenvalue weighted by atomic mass is 10.2. The summed E-state index contributed by atoms with van der Waals surface area (Å²) in [7, 11) is 1.52. The molecule has 100 valence electrons. The van der Waals surface area contributed by atoms with Crippen molar-refractivity contribution in [3.63, 3.8) is 0 Å². The third kappa shape index (κ3) is 8.65. The standard InChI is InChI=1S/C11H22N2O4/c1-3-17-11(15)5-4-6-13-10(14)7-9(8-12)16-2/h9H,3-8,12H2,1-2H3,(H,13,14). The van der Waals surface area contributed by atoms with Gasteiger partial charge in [-0.1, -0.05) is 0 Å². The van der Waals surface area contributed by atoms with Crippen molar-refractivity contribution in [2.24, 2.45) is 5.73 Å². The van der Waals surface area contributed by atoms with Gasteiger partial charge in [0.2, 0.25) is 5.91 Å². The van der Waals surface area contributed by atoms with Crippen LogP contribution in [0.4, 0.5) is 0 Å².